The van der Waals surface area contributed by atoms with Crippen LogP contribution < -0.4 is 10.1 Å². The van der Waals surface area contributed by atoms with Crippen LogP contribution in [0.3, 0.4) is 0 Å². The third-order valence-corrected chi connectivity index (χ3v) is 7.80. The molecule has 1 saturated heterocycles. The van der Waals surface area contributed by atoms with Crippen LogP contribution in [-0.4, -0.2) is 46.5 Å². The number of pyridine rings is 1. The maximum Gasteiger partial charge on any atom is 0.357 e. The lowest BCUT2D eigenvalue weighted by Gasteiger charge is -2.31. The average Bonchev–Trinajstić information content (AvgIpc) is 3.31. The Morgan fingerprint density at radius 2 is 1.89 bits per heavy atom. The first-order valence-corrected chi connectivity index (χ1v) is 14.0. The molecule has 0 atom stereocenters. The zero-order valence-corrected chi connectivity index (χ0v) is 22.6. The van der Waals surface area contributed by atoms with Crippen LogP contribution in [0, 0.1) is 11.3 Å². The van der Waals surface area contributed by atoms with Crippen LogP contribution in [0.4, 0.5) is 0 Å². The van der Waals surface area contributed by atoms with Gasteiger partial charge in [0.25, 0.3) is 0 Å². The Hall–Kier alpha value is -3.44. The van der Waals surface area contributed by atoms with Crippen molar-refractivity contribution in [2.24, 2.45) is 0 Å². The van der Waals surface area contributed by atoms with Crippen molar-refractivity contribution in [3.8, 4) is 23.1 Å². The molecule has 1 aliphatic carbocycles. The highest BCUT2D eigenvalue weighted by Gasteiger charge is 2.34. The van der Waals surface area contributed by atoms with Crippen molar-refractivity contribution >= 4 is 17.0 Å². The summed E-state index contributed by atoms with van der Waals surface area (Å²) < 4.78 is 13.5. The highest BCUT2D eigenvalue weighted by Crippen LogP contribution is 2.40. The van der Waals surface area contributed by atoms with Crippen molar-refractivity contribution in [2.45, 2.75) is 83.3 Å². The van der Waals surface area contributed by atoms with E-state index >= 15 is 0 Å². The molecule has 1 N–H and O–H groups in total. The van der Waals surface area contributed by atoms with Crippen molar-refractivity contribution in [2.75, 3.05) is 19.7 Å². The number of nitriles is 1. The van der Waals surface area contributed by atoms with Crippen LogP contribution >= 0.6 is 0 Å². The number of nitrogens with one attached hydrogen (secondary N) is 1. The summed E-state index contributed by atoms with van der Waals surface area (Å²) in [6.07, 6.45) is 7.08. The fourth-order valence-corrected chi connectivity index (χ4v) is 5.81. The molecule has 0 amide bonds. The summed E-state index contributed by atoms with van der Waals surface area (Å²) in [7, 11) is 0. The first kappa shape index (κ1) is 26.2. The first-order chi connectivity index (χ1) is 18.5. The van der Waals surface area contributed by atoms with Crippen LogP contribution in [0.15, 0.2) is 30.3 Å². The van der Waals surface area contributed by atoms with Crippen molar-refractivity contribution < 1.29 is 14.3 Å². The number of esters is 1. The molecule has 0 spiro atoms. The number of ether oxygens (including phenoxy) is 2. The Morgan fingerprint density at radius 1 is 1.18 bits per heavy atom. The van der Waals surface area contributed by atoms with Gasteiger partial charge in [-0.3, -0.25) is 0 Å². The lowest BCUT2D eigenvalue weighted by molar-refractivity contribution is 0.0520. The Balaban J connectivity index is 1.68. The van der Waals surface area contributed by atoms with Gasteiger partial charge in [0, 0.05) is 5.56 Å². The molecule has 0 bridgehead atoms. The van der Waals surface area contributed by atoms with Gasteiger partial charge in [-0.05, 0) is 76.7 Å². The van der Waals surface area contributed by atoms with Crippen LogP contribution in [0.2, 0.25) is 0 Å². The second-order valence-corrected chi connectivity index (χ2v) is 10.7. The standard InChI is InChI=1S/C30H37N5O3/c1-4-37-29(36)25-18-24(21-10-12-22(13-11-21)30(19-31)14-16-32-17-15-30)26-27(33-25)35(23-8-6-5-7-9-23)34-28(26)38-20(2)3/h10-13,18,20,23,32H,4-9,14-17H2,1-3H3. The van der Waals surface area contributed by atoms with Crippen molar-refractivity contribution in [1.82, 2.24) is 20.1 Å². The Labute approximate surface area is 224 Å². The van der Waals surface area contributed by atoms with Gasteiger partial charge >= 0.3 is 5.97 Å². The first-order valence-electron chi connectivity index (χ1n) is 14.0. The van der Waals surface area contributed by atoms with Crippen LogP contribution in [-0.2, 0) is 10.2 Å². The molecule has 200 valence electrons. The number of piperidine rings is 1. The monoisotopic (exact) mass is 515 g/mol. The molecule has 1 aliphatic heterocycles. The molecule has 2 fully saturated rings. The Morgan fingerprint density at radius 3 is 2.53 bits per heavy atom. The fraction of sp³-hybridized carbons (Fsp3) is 0.533. The van der Waals surface area contributed by atoms with E-state index < -0.39 is 11.4 Å². The van der Waals surface area contributed by atoms with Gasteiger partial charge in [-0.25, -0.2) is 14.5 Å². The van der Waals surface area contributed by atoms with E-state index in [2.05, 4.69) is 23.5 Å². The number of hydrogen-bond acceptors (Lipinski definition) is 7. The molecule has 3 heterocycles. The van der Waals surface area contributed by atoms with E-state index in [0.717, 1.165) is 73.7 Å². The highest BCUT2D eigenvalue weighted by atomic mass is 16.5. The third kappa shape index (κ3) is 5.00. The van der Waals surface area contributed by atoms with E-state index in [0.29, 0.717) is 11.5 Å². The van der Waals surface area contributed by atoms with Crippen LogP contribution in [0.1, 0.15) is 87.8 Å². The van der Waals surface area contributed by atoms with E-state index in [9.17, 15) is 10.1 Å². The summed E-state index contributed by atoms with van der Waals surface area (Å²) in [4.78, 5) is 17.7. The third-order valence-electron chi connectivity index (χ3n) is 7.80. The molecule has 8 nitrogen and oxygen atoms in total. The number of carbonyl (C=O) groups is 1. The number of fused-ring (bicyclic) bond motifs is 1. The maximum atomic E-state index is 12.9. The minimum absolute atomic E-state index is 0.0664. The molecule has 8 heteroatoms. The lowest BCUT2D eigenvalue weighted by Crippen LogP contribution is -2.38. The van der Waals surface area contributed by atoms with Crippen LogP contribution in [0.25, 0.3) is 22.2 Å². The fourth-order valence-electron chi connectivity index (χ4n) is 5.81. The summed E-state index contributed by atoms with van der Waals surface area (Å²) in [6, 6.07) is 12.8. The molecule has 2 aromatic heterocycles. The maximum absolute atomic E-state index is 12.9. The largest absolute Gasteiger partial charge is 0.473 e. The number of aromatic nitrogens is 3. The summed E-state index contributed by atoms with van der Waals surface area (Å²) in [6.45, 7) is 7.71. The number of hydrogen-bond donors (Lipinski definition) is 1. The minimum atomic E-state index is -0.481. The van der Waals surface area contributed by atoms with Gasteiger partial charge < -0.3 is 14.8 Å². The molecule has 1 saturated carbocycles. The number of nitrogens with zero attached hydrogens (tertiary/aromatic N) is 4. The lowest BCUT2D eigenvalue weighted by atomic mass is 9.74. The number of benzene rings is 1. The van der Waals surface area contributed by atoms with E-state index in [1.165, 1.54) is 6.42 Å². The summed E-state index contributed by atoms with van der Waals surface area (Å²) >= 11 is 0. The molecule has 5 rings (SSSR count). The minimum Gasteiger partial charge on any atom is -0.473 e. The molecule has 1 aromatic carbocycles. The van der Waals surface area contributed by atoms with Crippen molar-refractivity contribution in [1.29, 1.82) is 5.26 Å². The molecule has 3 aromatic rings. The van der Waals surface area contributed by atoms with Crippen molar-refractivity contribution in [3.63, 3.8) is 0 Å². The number of rotatable bonds is 7. The second kappa shape index (κ2) is 11.1. The van der Waals surface area contributed by atoms with Crippen LogP contribution in [0.5, 0.6) is 5.88 Å². The van der Waals surface area contributed by atoms with Gasteiger partial charge in [0.05, 0.1) is 35.6 Å². The van der Waals surface area contributed by atoms with Gasteiger partial charge in [0.2, 0.25) is 5.88 Å². The molecular weight excluding hydrogens is 478 g/mol. The van der Waals surface area contributed by atoms with E-state index in [4.69, 9.17) is 19.6 Å². The zero-order valence-electron chi connectivity index (χ0n) is 22.6. The Kier molecular flexibility index (Phi) is 7.66. The van der Waals surface area contributed by atoms with E-state index in [1.54, 1.807) is 13.0 Å². The molecular formula is C30H37N5O3. The Bertz CT molecular complexity index is 1330. The SMILES string of the molecule is CCOC(=O)c1cc(-c2ccc(C3(C#N)CCNCC3)cc2)c2c(OC(C)C)nn(C3CCCCC3)c2n1. The summed E-state index contributed by atoms with van der Waals surface area (Å²) in [5, 5.41) is 19.1. The van der Waals surface area contributed by atoms with E-state index in [1.807, 2.05) is 30.7 Å². The van der Waals surface area contributed by atoms with Crippen molar-refractivity contribution in [3.05, 3.63) is 41.6 Å². The second-order valence-electron chi connectivity index (χ2n) is 10.7. The average molecular weight is 516 g/mol. The summed E-state index contributed by atoms with van der Waals surface area (Å²) in [5.74, 6) is 0.0857. The molecule has 0 radical (unpaired) electrons. The van der Waals surface area contributed by atoms with E-state index in [-0.39, 0.29) is 24.4 Å². The summed E-state index contributed by atoms with van der Waals surface area (Å²) in [5.41, 5.74) is 3.22. The van der Waals surface area contributed by atoms with Gasteiger partial charge in [0.1, 0.15) is 0 Å². The highest BCUT2D eigenvalue weighted by molar-refractivity contribution is 6.01. The smallest absolute Gasteiger partial charge is 0.357 e. The predicted molar refractivity (Wildman–Crippen MR) is 146 cm³/mol. The number of carbonyl (C=O) groups excluding carboxylic acids is 1. The van der Waals surface area contributed by atoms with Gasteiger partial charge in [-0.1, -0.05) is 43.5 Å². The molecule has 0 unspecified atom stereocenters. The normalized spacial score (nSPS) is 17.9. The predicted octanol–water partition coefficient (Wildman–Crippen LogP) is 5.71. The zero-order chi connectivity index (χ0) is 26.7. The molecule has 38 heavy (non-hydrogen) atoms. The molecule has 2 aliphatic rings. The van der Waals surface area contributed by atoms with Gasteiger partial charge in [0.15, 0.2) is 11.3 Å². The topological polar surface area (TPSA) is 102 Å². The van der Waals surface area contributed by atoms with Gasteiger partial charge in [-0.15, -0.1) is 5.10 Å². The van der Waals surface area contributed by atoms with Gasteiger partial charge in [-0.2, -0.15) is 5.26 Å². The quantitative estimate of drug-likeness (QED) is 0.402.